The number of carbonyl (C=O) groups excluding carboxylic acids is 1. The Hall–Kier alpha value is -0.870. The predicted molar refractivity (Wildman–Crippen MR) is 79.2 cm³/mol. The summed E-state index contributed by atoms with van der Waals surface area (Å²) in [5.74, 6) is -0.164. The number of rotatable bonds is 1. The molecule has 19 heavy (non-hydrogen) atoms. The summed E-state index contributed by atoms with van der Waals surface area (Å²) in [5.41, 5.74) is 2.09. The van der Waals surface area contributed by atoms with Crippen LogP contribution >= 0.6 is 15.9 Å². The van der Waals surface area contributed by atoms with E-state index in [4.69, 9.17) is 4.74 Å². The van der Waals surface area contributed by atoms with Gasteiger partial charge in [0.05, 0.1) is 0 Å². The molecule has 0 spiro atoms. The average Bonchev–Trinajstić information content (AvgIpc) is 2.48. The monoisotopic (exact) mass is 325 g/mol. The molecule has 1 unspecified atom stereocenters. The highest BCUT2D eigenvalue weighted by Gasteiger charge is 2.27. The predicted octanol–water partition coefficient (Wildman–Crippen LogP) is 2.85. The first-order chi connectivity index (χ1) is 8.85. The molecule has 0 saturated heterocycles. The molecule has 1 heterocycles. The van der Waals surface area contributed by atoms with Crippen LogP contribution in [0, 0.1) is 0 Å². The van der Waals surface area contributed by atoms with Gasteiger partial charge in [0.15, 0.2) is 0 Å². The van der Waals surface area contributed by atoms with Crippen molar-refractivity contribution in [3.63, 3.8) is 0 Å². The first-order valence-corrected chi connectivity index (χ1v) is 7.38. The molecule has 1 aromatic carbocycles. The first kappa shape index (κ1) is 14.5. The molecule has 1 N–H and O–H groups in total. The second kappa shape index (κ2) is 5.63. The summed E-state index contributed by atoms with van der Waals surface area (Å²) in [6.07, 6.45) is 1.63. The van der Waals surface area contributed by atoms with Gasteiger partial charge in [0.2, 0.25) is 0 Å². The smallest absolute Gasteiger partial charge is 0.323 e. The van der Waals surface area contributed by atoms with Crippen molar-refractivity contribution in [2.45, 2.75) is 45.3 Å². The van der Waals surface area contributed by atoms with Crippen molar-refractivity contribution in [2.24, 2.45) is 0 Å². The van der Waals surface area contributed by atoms with E-state index in [2.05, 4.69) is 33.4 Å². The third-order valence-electron chi connectivity index (χ3n) is 3.07. The zero-order valence-corrected chi connectivity index (χ0v) is 13.2. The van der Waals surface area contributed by atoms with Crippen molar-refractivity contribution in [3.05, 3.63) is 33.8 Å². The van der Waals surface area contributed by atoms with E-state index in [9.17, 15) is 4.79 Å². The van der Waals surface area contributed by atoms with E-state index >= 15 is 0 Å². The summed E-state index contributed by atoms with van der Waals surface area (Å²) >= 11 is 3.49. The van der Waals surface area contributed by atoms with Gasteiger partial charge in [-0.3, -0.25) is 4.79 Å². The van der Waals surface area contributed by atoms with E-state index in [1.54, 1.807) is 0 Å². The Morgan fingerprint density at radius 2 is 2.11 bits per heavy atom. The highest BCUT2D eigenvalue weighted by Crippen LogP contribution is 2.21. The Morgan fingerprint density at radius 3 is 2.79 bits per heavy atom. The van der Waals surface area contributed by atoms with Crippen LogP contribution in [0.5, 0.6) is 0 Å². The number of benzene rings is 1. The van der Waals surface area contributed by atoms with Gasteiger partial charge >= 0.3 is 5.97 Å². The SMILES string of the molecule is CC(C)(C)OC(=O)C1Cc2ccc(Br)cc2CCN1. The van der Waals surface area contributed by atoms with Gasteiger partial charge in [-0.15, -0.1) is 0 Å². The molecule has 1 aliphatic rings. The van der Waals surface area contributed by atoms with Crippen molar-refractivity contribution >= 4 is 21.9 Å². The molecule has 1 aromatic rings. The normalized spacial score (nSPS) is 19.5. The average molecular weight is 326 g/mol. The highest BCUT2D eigenvalue weighted by atomic mass is 79.9. The van der Waals surface area contributed by atoms with Gasteiger partial charge in [-0.25, -0.2) is 0 Å². The van der Waals surface area contributed by atoms with Gasteiger partial charge in [-0.1, -0.05) is 22.0 Å². The number of fused-ring (bicyclic) bond motifs is 1. The lowest BCUT2D eigenvalue weighted by atomic mass is 10.0. The maximum absolute atomic E-state index is 12.1. The molecule has 2 rings (SSSR count). The molecule has 1 aliphatic heterocycles. The summed E-state index contributed by atoms with van der Waals surface area (Å²) in [5, 5.41) is 3.28. The molecule has 3 nitrogen and oxygen atoms in total. The van der Waals surface area contributed by atoms with Crippen LogP contribution in [0.4, 0.5) is 0 Å². The third kappa shape index (κ3) is 4.05. The van der Waals surface area contributed by atoms with Gasteiger partial charge in [0, 0.05) is 4.47 Å². The minimum atomic E-state index is -0.437. The molecule has 0 amide bonds. The second-order valence-corrected chi connectivity index (χ2v) is 6.82. The summed E-state index contributed by atoms with van der Waals surface area (Å²) < 4.78 is 6.55. The van der Waals surface area contributed by atoms with Crippen LogP contribution in [0.2, 0.25) is 0 Å². The minimum absolute atomic E-state index is 0.164. The fourth-order valence-electron chi connectivity index (χ4n) is 2.24. The van der Waals surface area contributed by atoms with Crippen LogP contribution in [-0.2, 0) is 22.4 Å². The summed E-state index contributed by atoms with van der Waals surface area (Å²) in [4.78, 5) is 12.1. The molecule has 4 heteroatoms. The van der Waals surface area contributed by atoms with Gasteiger partial charge in [0.25, 0.3) is 0 Å². The first-order valence-electron chi connectivity index (χ1n) is 6.59. The Kier molecular flexibility index (Phi) is 4.31. The molecule has 0 radical (unpaired) electrons. The molecule has 0 aliphatic carbocycles. The highest BCUT2D eigenvalue weighted by molar-refractivity contribution is 9.10. The molecule has 0 saturated carbocycles. The van der Waals surface area contributed by atoms with Crippen molar-refractivity contribution in [1.29, 1.82) is 0 Å². The molecule has 0 bridgehead atoms. The number of ether oxygens (including phenoxy) is 1. The van der Waals surface area contributed by atoms with E-state index in [0.29, 0.717) is 6.42 Å². The number of hydrogen-bond donors (Lipinski definition) is 1. The standard InChI is InChI=1S/C15H20BrNO2/c1-15(2,3)19-14(18)13-9-10-4-5-12(16)8-11(10)6-7-17-13/h4-5,8,13,17H,6-7,9H2,1-3H3. The van der Waals surface area contributed by atoms with E-state index < -0.39 is 5.60 Å². The fraction of sp³-hybridized carbons (Fsp3) is 0.533. The molecular formula is C15H20BrNO2. The molecule has 0 fully saturated rings. The zero-order chi connectivity index (χ0) is 14.0. The summed E-state index contributed by atoms with van der Waals surface area (Å²) in [6.45, 7) is 6.49. The molecule has 0 aromatic heterocycles. The lowest BCUT2D eigenvalue weighted by Gasteiger charge is -2.23. The Bertz CT molecular complexity index is 480. The quantitative estimate of drug-likeness (QED) is 0.807. The second-order valence-electron chi connectivity index (χ2n) is 5.91. The fourth-order valence-corrected chi connectivity index (χ4v) is 2.65. The van der Waals surface area contributed by atoms with Crippen molar-refractivity contribution < 1.29 is 9.53 Å². The van der Waals surface area contributed by atoms with Gasteiger partial charge in [-0.2, -0.15) is 0 Å². The van der Waals surface area contributed by atoms with Crippen LogP contribution in [0.1, 0.15) is 31.9 Å². The van der Waals surface area contributed by atoms with Crippen LogP contribution in [0.25, 0.3) is 0 Å². The van der Waals surface area contributed by atoms with E-state index in [0.717, 1.165) is 17.4 Å². The number of halogens is 1. The topological polar surface area (TPSA) is 38.3 Å². The molecule has 104 valence electrons. The maximum atomic E-state index is 12.1. The number of nitrogens with one attached hydrogen (secondary N) is 1. The van der Waals surface area contributed by atoms with Crippen molar-refractivity contribution in [2.75, 3.05) is 6.54 Å². The van der Waals surface area contributed by atoms with Gasteiger partial charge in [-0.05, 0) is 63.4 Å². The van der Waals surface area contributed by atoms with E-state index in [1.807, 2.05) is 26.8 Å². The van der Waals surface area contributed by atoms with Gasteiger partial charge < -0.3 is 10.1 Å². The van der Waals surface area contributed by atoms with Crippen LogP contribution < -0.4 is 5.32 Å². The van der Waals surface area contributed by atoms with E-state index in [1.165, 1.54) is 11.1 Å². The zero-order valence-electron chi connectivity index (χ0n) is 11.6. The molecule has 1 atom stereocenters. The number of carbonyl (C=O) groups is 1. The minimum Gasteiger partial charge on any atom is -0.459 e. The maximum Gasteiger partial charge on any atom is 0.323 e. The van der Waals surface area contributed by atoms with E-state index in [-0.39, 0.29) is 12.0 Å². The molecular weight excluding hydrogens is 306 g/mol. The largest absolute Gasteiger partial charge is 0.459 e. The van der Waals surface area contributed by atoms with Crippen molar-refractivity contribution in [1.82, 2.24) is 5.32 Å². The Morgan fingerprint density at radius 1 is 1.37 bits per heavy atom. The number of hydrogen-bond acceptors (Lipinski definition) is 3. The van der Waals surface area contributed by atoms with Gasteiger partial charge in [0.1, 0.15) is 11.6 Å². The lowest BCUT2D eigenvalue weighted by molar-refractivity contribution is -0.157. The van der Waals surface area contributed by atoms with Crippen molar-refractivity contribution in [3.8, 4) is 0 Å². The Labute approximate surface area is 122 Å². The van der Waals surface area contributed by atoms with Crippen LogP contribution in [0.3, 0.4) is 0 Å². The van der Waals surface area contributed by atoms with Crippen LogP contribution in [-0.4, -0.2) is 24.2 Å². The Balaban J connectivity index is 2.13. The summed E-state index contributed by atoms with van der Waals surface area (Å²) in [7, 11) is 0. The van der Waals surface area contributed by atoms with Crippen LogP contribution in [0.15, 0.2) is 22.7 Å². The third-order valence-corrected chi connectivity index (χ3v) is 3.56. The summed E-state index contributed by atoms with van der Waals surface area (Å²) in [6, 6.07) is 6.00. The lowest BCUT2D eigenvalue weighted by Crippen LogP contribution is -2.42. The number of esters is 1.